The molecule has 110 valence electrons. The first-order valence-corrected chi connectivity index (χ1v) is 7.30. The van der Waals surface area contributed by atoms with Crippen LogP contribution >= 0.6 is 34.8 Å². The molecule has 2 aromatic rings. The maximum atomic E-state index is 10.4. The van der Waals surface area contributed by atoms with Crippen molar-refractivity contribution < 1.29 is 4.79 Å². The fourth-order valence-electron chi connectivity index (χ4n) is 2.12. The van der Waals surface area contributed by atoms with Crippen molar-refractivity contribution in [2.75, 3.05) is 0 Å². The summed E-state index contributed by atoms with van der Waals surface area (Å²) in [6.45, 7) is 1.73. The molecule has 3 nitrogen and oxygen atoms in total. The van der Waals surface area contributed by atoms with E-state index < -0.39 is 5.41 Å². The molecule has 0 aromatic heterocycles. The smallest absolute Gasteiger partial charge is 0.211 e. The van der Waals surface area contributed by atoms with Gasteiger partial charge >= 0.3 is 0 Å². The van der Waals surface area contributed by atoms with Gasteiger partial charge in [-0.3, -0.25) is 0 Å². The standard InChI is InChI=1S/C16H9Cl3N2O/c1-16(8-20,10-2-4-11(17)5-3-10)12-6-14(19)15(21-9-22)7-13(12)18/h2-7H,1H3. The Morgan fingerprint density at radius 1 is 1.09 bits per heavy atom. The Balaban J connectivity index is 2.66. The predicted octanol–water partition coefficient (Wildman–Crippen LogP) is 5.44. The zero-order valence-corrected chi connectivity index (χ0v) is 13.7. The molecule has 0 aliphatic rings. The van der Waals surface area contributed by atoms with E-state index in [-0.39, 0.29) is 15.7 Å². The molecule has 1 atom stereocenters. The summed E-state index contributed by atoms with van der Waals surface area (Å²) in [6, 6.07) is 12.2. The lowest BCUT2D eigenvalue weighted by molar-refractivity contribution is 0.565. The zero-order chi connectivity index (χ0) is 16.3. The van der Waals surface area contributed by atoms with E-state index in [1.54, 1.807) is 31.2 Å². The fraction of sp³-hybridized carbons (Fsp3) is 0.125. The van der Waals surface area contributed by atoms with Crippen LogP contribution in [0.5, 0.6) is 0 Å². The molecule has 0 radical (unpaired) electrons. The second-order valence-corrected chi connectivity index (χ2v) is 5.98. The number of nitrogens with zero attached hydrogens (tertiary/aromatic N) is 2. The Bertz CT molecular complexity index is 805. The second kappa shape index (κ2) is 6.52. The van der Waals surface area contributed by atoms with Crippen molar-refractivity contribution in [3.63, 3.8) is 0 Å². The second-order valence-electron chi connectivity index (χ2n) is 4.73. The highest BCUT2D eigenvalue weighted by molar-refractivity contribution is 6.35. The molecule has 1 unspecified atom stereocenters. The van der Waals surface area contributed by atoms with Crippen molar-refractivity contribution in [2.24, 2.45) is 4.99 Å². The van der Waals surface area contributed by atoms with Crippen molar-refractivity contribution in [2.45, 2.75) is 12.3 Å². The van der Waals surface area contributed by atoms with Gasteiger partial charge in [-0.25, -0.2) is 4.79 Å². The zero-order valence-electron chi connectivity index (χ0n) is 11.4. The maximum absolute atomic E-state index is 10.4. The quantitative estimate of drug-likeness (QED) is 0.546. The van der Waals surface area contributed by atoms with Gasteiger partial charge in [0.2, 0.25) is 6.08 Å². The molecule has 0 fully saturated rings. The molecule has 0 aliphatic carbocycles. The number of nitriles is 1. The average Bonchev–Trinajstić information content (AvgIpc) is 2.50. The van der Waals surface area contributed by atoms with Gasteiger partial charge in [0.15, 0.2) is 0 Å². The Kier molecular flexibility index (Phi) is 4.90. The molecule has 0 amide bonds. The highest BCUT2D eigenvalue weighted by Gasteiger charge is 2.32. The minimum atomic E-state index is -1.02. The highest BCUT2D eigenvalue weighted by Crippen LogP contribution is 2.40. The molecule has 0 N–H and O–H groups in total. The summed E-state index contributed by atoms with van der Waals surface area (Å²) in [4.78, 5) is 13.8. The van der Waals surface area contributed by atoms with E-state index in [4.69, 9.17) is 34.8 Å². The largest absolute Gasteiger partial charge is 0.240 e. The van der Waals surface area contributed by atoms with Gasteiger partial charge in [-0.2, -0.15) is 10.3 Å². The van der Waals surface area contributed by atoms with E-state index in [2.05, 4.69) is 11.1 Å². The van der Waals surface area contributed by atoms with Crippen LogP contribution in [-0.4, -0.2) is 6.08 Å². The molecule has 0 aliphatic heterocycles. The first-order valence-electron chi connectivity index (χ1n) is 6.17. The van der Waals surface area contributed by atoms with Crippen LogP contribution < -0.4 is 0 Å². The van der Waals surface area contributed by atoms with E-state index in [1.165, 1.54) is 18.2 Å². The lowest BCUT2D eigenvalue weighted by atomic mass is 9.77. The Hall–Kier alpha value is -1.82. The normalized spacial score (nSPS) is 12.9. The van der Waals surface area contributed by atoms with Crippen LogP contribution in [0.4, 0.5) is 5.69 Å². The number of carbonyl (C=O) groups excluding carboxylic acids is 1. The van der Waals surface area contributed by atoms with Crippen molar-refractivity contribution in [3.05, 3.63) is 62.6 Å². The summed E-state index contributed by atoms with van der Waals surface area (Å²) in [5, 5.41) is 10.8. The van der Waals surface area contributed by atoms with Crippen molar-refractivity contribution >= 4 is 46.6 Å². The molecule has 0 spiro atoms. The van der Waals surface area contributed by atoms with Crippen LogP contribution in [0.3, 0.4) is 0 Å². The number of rotatable bonds is 3. The van der Waals surface area contributed by atoms with Crippen molar-refractivity contribution in [3.8, 4) is 6.07 Å². The van der Waals surface area contributed by atoms with Gasteiger partial charge in [0, 0.05) is 10.0 Å². The van der Waals surface area contributed by atoms with Gasteiger partial charge < -0.3 is 0 Å². The van der Waals surface area contributed by atoms with E-state index in [1.807, 2.05) is 0 Å². The predicted molar refractivity (Wildman–Crippen MR) is 87.8 cm³/mol. The van der Waals surface area contributed by atoms with Crippen LogP contribution in [0.1, 0.15) is 18.1 Å². The van der Waals surface area contributed by atoms with Gasteiger partial charge in [0.05, 0.1) is 16.8 Å². The molecule has 22 heavy (non-hydrogen) atoms. The van der Waals surface area contributed by atoms with Crippen LogP contribution in [0.25, 0.3) is 0 Å². The van der Waals surface area contributed by atoms with Crippen LogP contribution in [0.15, 0.2) is 41.4 Å². The SMILES string of the molecule is CC(C#N)(c1ccc(Cl)cc1)c1cc(Cl)c(N=C=O)cc1Cl. The average molecular weight is 352 g/mol. The summed E-state index contributed by atoms with van der Waals surface area (Å²) in [5.74, 6) is 0. The maximum Gasteiger partial charge on any atom is 0.240 e. The molecular formula is C16H9Cl3N2O. The number of benzene rings is 2. The third-order valence-corrected chi connectivity index (χ3v) is 4.25. The van der Waals surface area contributed by atoms with E-state index in [9.17, 15) is 10.1 Å². The molecule has 0 saturated heterocycles. The van der Waals surface area contributed by atoms with Gasteiger partial charge in [-0.15, -0.1) is 0 Å². The van der Waals surface area contributed by atoms with Crippen molar-refractivity contribution in [1.29, 1.82) is 5.26 Å². The lowest BCUT2D eigenvalue weighted by Crippen LogP contribution is -2.21. The summed E-state index contributed by atoms with van der Waals surface area (Å²) >= 11 is 18.2. The Morgan fingerprint density at radius 2 is 1.73 bits per heavy atom. The lowest BCUT2D eigenvalue weighted by Gasteiger charge is -2.24. The third kappa shape index (κ3) is 3.02. The topological polar surface area (TPSA) is 53.2 Å². The van der Waals surface area contributed by atoms with E-state index >= 15 is 0 Å². The van der Waals surface area contributed by atoms with Gasteiger partial charge in [0.1, 0.15) is 5.41 Å². The monoisotopic (exact) mass is 350 g/mol. The van der Waals surface area contributed by atoms with Crippen LogP contribution in [0.2, 0.25) is 15.1 Å². The molecule has 6 heteroatoms. The molecule has 0 heterocycles. The van der Waals surface area contributed by atoms with Crippen LogP contribution in [-0.2, 0) is 10.2 Å². The minimum absolute atomic E-state index is 0.210. The van der Waals surface area contributed by atoms with Gasteiger partial charge in [-0.1, -0.05) is 46.9 Å². The number of halogens is 3. The van der Waals surface area contributed by atoms with E-state index in [0.29, 0.717) is 10.6 Å². The number of hydrogen-bond acceptors (Lipinski definition) is 3. The van der Waals surface area contributed by atoms with E-state index in [0.717, 1.165) is 5.56 Å². The van der Waals surface area contributed by atoms with Crippen LogP contribution in [0, 0.1) is 11.3 Å². The molecule has 0 bridgehead atoms. The Morgan fingerprint density at radius 3 is 2.27 bits per heavy atom. The molecular weight excluding hydrogens is 343 g/mol. The summed E-state index contributed by atoms with van der Waals surface area (Å²) in [6.07, 6.45) is 1.41. The Labute approximate surface area is 142 Å². The van der Waals surface area contributed by atoms with Gasteiger partial charge in [0.25, 0.3) is 0 Å². The summed E-state index contributed by atoms with van der Waals surface area (Å²) < 4.78 is 0. The molecule has 2 aromatic carbocycles. The third-order valence-electron chi connectivity index (χ3n) is 3.39. The molecule has 2 rings (SSSR count). The first kappa shape index (κ1) is 16.5. The molecule has 0 saturated carbocycles. The van der Waals surface area contributed by atoms with Gasteiger partial charge in [-0.05, 0) is 42.3 Å². The fourth-order valence-corrected chi connectivity index (χ4v) is 2.80. The number of aliphatic imine (C=N–C) groups is 1. The summed E-state index contributed by atoms with van der Waals surface area (Å²) in [7, 11) is 0. The summed E-state index contributed by atoms with van der Waals surface area (Å²) in [5.41, 5.74) is 0.439. The van der Waals surface area contributed by atoms with Crippen molar-refractivity contribution in [1.82, 2.24) is 0 Å². The first-order chi connectivity index (χ1) is 10.4. The number of hydrogen-bond donors (Lipinski definition) is 0. The minimum Gasteiger partial charge on any atom is -0.211 e. The highest BCUT2D eigenvalue weighted by atomic mass is 35.5. The number of isocyanates is 1.